The summed E-state index contributed by atoms with van der Waals surface area (Å²) in [5.41, 5.74) is 3.81. The van der Waals surface area contributed by atoms with E-state index in [1.807, 2.05) is 72.8 Å². The zero-order valence-corrected chi connectivity index (χ0v) is 22.7. The highest BCUT2D eigenvalue weighted by Crippen LogP contribution is 2.36. The third-order valence-corrected chi connectivity index (χ3v) is 7.40. The largest absolute Gasteiger partial charge is 0.488 e. The Bertz CT molecular complexity index is 1220. The van der Waals surface area contributed by atoms with Gasteiger partial charge in [-0.15, -0.1) is 0 Å². The molecule has 3 aromatic carbocycles. The average Bonchev–Trinajstić information content (AvgIpc) is 3.13. The van der Waals surface area contributed by atoms with Crippen LogP contribution in [0.5, 0.6) is 5.75 Å². The summed E-state index contributed by atoms with van der Waals surface area (Å²) in [6.07, 6.45) is 1.77. The van der Waals surface area contributed by atoms with Gasteiger partial charge in [0, 0.05) is 34.0 Å². The van der Waals surface area contributed by atoms with Crippen LogP contribution in [0.25, 0.3) is 6.08 Å². The molecule has 1 aliphatic rings. The summed E-state index contributed by atoms with van der Waals surface area (Å²) in [5, 5.41) is -0.258. The zero-order valence-electron chi connectivity index (χ0n) is 19.7. The molecule has 0 aromatic heterocycles. The highest BCUT2D eigenvalue weighted by molar-refractivity contribution is 14.1. The third-order valence-electron chi connectivity index (χ3n) is 5.78. The molecule has 3 aromatic rings. The van der Waals surface area contributed by atoms with Gasteiger partial charge in [-0.1, -0.05) is 42.5 Å². The first-order chi connectivity index (χ1) is 17.0. The van der Waals surface area contributed by atoms with Crippen molar-refractivity contribution in [3.05, 3.63) is 98.0 Å². The van der Waals surface area contributed by atoms with Crippen LogP contribution in [0.4, 0.5) is 10.5 Å². The van der Waals surface area contributed by atoms with Gasteiger partial charge in [0.15, 0.2) is 0 Å². The molecular formula is C28H27IN2O3S. The molecule has 0 spiro atoms. The number of halogens is 1. The van der Waals surface area contributed by atoms with E-state index in [-0.39, 0.29) is 17.7 Å². The first kappa shape index (κ1) is 25.3. The van der Waals surface area contributed by atoms with E-state index in [4.69, 9.17) is 4.74 Å². The fourth-order valence-corrected chi connectivity index (χ4v) is 5.03. The lowest BCUT2D eigenvalue weighted by Crippen LogP contribution is -2.27. The molecule has 0 unspecified atom stereocenters. The number of imide groups is 1. The van der Waals surface area contributed by atoms with Crippen LogP contribution in [0.15, 0.2) is 77.7 Å². The van der Waals surface area contributed by atoms with E-state index < -0.39 is 0 Å². The van der Waals surface area contributed by atoms with Gasteiger partial charge in [-0.25, -0.2) is 0 Å². The second-order valence-electron chi connectivity index (χ2n) is 8.06. The molecule has 0 atom stereocenters. The molecule has 2 amide bonds. The molecule has 1 heterocycles. The Hall–Kier alpha value is -2.78. The van der Waals surface area contributed by atoms with Gasteiger partial charge in [0.1, 0.15) is 12.4 Å². The minimum absolute atomic E-state index is 0.258. The normalized spacial score (nSPS) is 14.6. The number of rotatable bonds is 9. The van der Waals surface area contributed by atoms with E-state index in [2.05, 4.69) is 41.3 Å². The first-order valence-electron chi connectivity index (χ1n) is 11.5. The minimum Gasteiger partial charge on any atom is -0.488 e. The van der Waals surface area contributed by atoms with E-state index in [1.54, 1.807) is 6.08 Å². The summed E-state index contributed by atoms with van der Waals surface area (Å²) in [7, 11) is 0. The lowest BCUT2D eigenvalue weighted by atomic mass is 10.1. The Balaban J connectivity index is 1.60. The smallest absolute Gasteiger partial charge is 0.293 e. The van der Waals surface area contributed by atoms with Crippen LogP contribution < -0.4 is 9.64 Å². The number of nitrogens with zero attached hydrogens (tertiary/aromatic N) is 2. The summed E-state index contributed by atoms with van der Waals surface area (Å²) in [6.45, 7) is 6.67. The molecule has 0 radical (unpaired) electrons. The van der Waals surface area contributed by atoms with Crippen LogP contribution in [0.1, 0.15) is 30.5 Å². The molecule has 180 valence electrons. The van der Waals surface area contributed by atoms with Crippen molar-refractivity contribution >= 4 is 57.3 Å². The summed E-state index contributed by atoms with van der Waals surface area (Å²) in [6, 6.07) is 23.8. The van der Waals surface area contributed by atoms with Crippen LogP contribution >= 0.6 is 34.4 Å². The van der Waals surface area contributed by atoms with Crippen molar-refractivity contribution in [3.63, 3.8) is 0 Å². The third kappa shape index (κ3) is 6.27. The molecule has 5 nitrogen and oxygen atoms in total. The highest BCUT2D eigenvalue weighted by Gasteiger charge is 2.35. The number of carbonyl (C=O) groups is 2. The van der Waals surface area contributed by atoms with Gasteiger partial charge < -0.3 is 9.64 Å². The van der Waals surface area contributed by atoms with Crippen molar-refractivity contribution in [2.24, 2.45) is 0 Å². The molecular weight excluding hydrogens is 571 g/mol. The first-order valence-corrected chi connectivity index (χ1v) is 13.4. The maximum absolute atomic E-state index is 13.1. The van der Waals surface area contributed by atoms with Crippen molar-refractivity contribution in [1.29, 1.82) is 0 Å². The van der Waals surface area contributed by atoms with Crippen LogP contribution in [0.2, 0.25) is 0 Å². The second-order valence-corrected chi connectivity index (χ2v) is 10.3. The van der Waals surface area contributed by atoms with Gasteiger partial charge in [0.2, 0.25) is 0 Å². The number of thioether (sulfide) groups is 1. The number of ether oxygens (including phenoxy) is 1. The molecule has 0 aliphatic carbocycles. The van der Waals surface area contributed by atoms with Gasteiger partial charge >= 0.3 is 0 Å². The van der Waals surface area contributed by atoms with Crippen molar-refractivity contribution in [2.45, 2.75) is 27.0 Å². The van der Waals surface area contributed by atoms with E-state index in [0.717, 1.165) is 50.8 Å². The lowest BCUT2D eigenvalue weighted by Gasteiger charge is -2.22. The van der Waals surface area contributed by atoms with Crippen LogP contribution in [0.3, 0.4) is 0 Å². The quantitative estimate of drug-likeness (QED) is 0.197. The number of benzene rings is 3. The maximum atomic E-state index is 13.1. The van der Waals surface area contributed by atoms with E-state index in [0.29, 0.717) is 17.3 Å². The summed E-state index contributed by atoms with van der Waals surface area (Å²) in [5.74, 6) is 0.406. The predicted octanol–water partition coefficient (Wildman–Crippen LogP) is 6.95. The molecule has 4 rings (SSSR count). The van der Waals surface area contributed by atoms with Crippen molar-refractivity contribution in [1.82, 2.24) is 4.90 Å². The number of amides is 2. The average molecular weight is 599 g/mol. The standard InChI is InChI=1S/C28H27IN2O3S/c1-3-30(4-2)24-15-12-22(25(17-24)34-19-21-8-6-5-7-9-21)16-26-27(32)31(28(33)35-26)18-20-10-13-23(29)14-11-20/h5-17H,3-4,18-19H2,1-2H3/b26-16+. The minimum atomic E-state index is -0.277. The molecule has 1 fully saturated rings. The highest BCUT2D eigenvalue weighted by atomic mass is 127. The van der Waals surface area contributed by atoms with Gasteiger partial charge in [0.25, 0.3) is 11.1 Å². The van der Waals surface area contributed by atoms with Crippen molar-refractivity contribution < 1.29 is 14.3 Å². The number of hydrogen-bond donors (Lipinski definition) is 0. The molecule has 0 saturated carbocycles. The Morgan fingerprint density at radius 2 is 1.66 bits per heavy atom. The molecule has 0 bridgehead atoms. The number of carbonyl (C=O) groups excluding carboxylic acids is 2. The van der Waals surface area contributed by atoms with Crippen LogP contribution in [0, 0.1) is 3.57 Å². The Kier molecular flexibility index (Phi) is 8.51. The van der Waals surface area contributed by atoms with Gasteiger partial charge in [0.05, 0.1) is 11.4 Å². The van der Waals surface area contributed by atoms with E-state index in [1.165, 1.54) is 4.90 Å². The number of hydrogen-bond acceptors (Lipinski definition) is 5. The SMILES string of the molecule is CCN(CC)c1ccc(/C=C2/SC(=O)N(Cc3ccc(I)cc3)C2=O)c(OCc2ccccc2)c1. The van der Waals surface area contributed by atoms with Gasteiger partial charge in [-0.3, -0.25) is 14.5 Å². The van der Waals surface area contributed by atoms with Crippen LogP contribution in [-0.2, 0) is 17.9 Å². The summed E-state index contributed by atoms with van der Waals surface area (Å²) >= 11 is 3.21. The Labute approximate surface area is 224 Å². The fourth-order valence-electron chi connectivity index (χ4n) is 3.84. The second kappa shape index (κ2) is 11.8. The molecule has 1 aliphatic heterocycles. The van der Waals surface area contributed by atoms with Crippen LogP contribution in [-0.4, -0.2) is 29.1 Å². The monoisotopic (exact) mass is 598 g/mol. The zero-order chi connectivity index (χ0) is 24.8. The van der Waals surface area contributed by atoms with Crippen molar-refractivity contribution in [3.8, 4) is 5.75 Å². The fraction of sp³-hybridized carbons (Fsp3) is 0.214. The molecule has 0 N–H and O–H groups in total. The maximum Gasteiger partial charge on any atom is 0.293 e. The Morgan fingerprint density at radius 1 is 0.943 bits per heavy atom. The van der Waals surface area contributed by atoms with Gasteiger partial charge in [-0.05, 0) is 89.7 Å². The van der Waals surface area contributed by atoms with E-state index in [9.17, 15) is 9.59 Å². The van der Waals surface area contributed by atoms with Crippen molar-refractivity contribution in [2.75, 3.05) is 18.0 Å². The molecule has 35 heavy (non-hydrogen) atoms. The molecule has 1 saturated heterocycles. The lowest BCUT2D eigenvalue weighted by molar-refractivity contribution is -0.123. The van der Waals surface area contributed by atoms with Gasteiger partial charge in [-0.2, -0.15) is 0 Å². The Morgan fingerprint density at radius 3 is 2.34 bits per heavy atom. The van der Waals surface area contributed by atoms with E-state index >= 15 is 0 Å². The topological polar surface area (TPSA) is 49.9 Å². The predicted molar refractivity (Wildman–Crippen MR) is 151 cm³/mol. The molecule has 7 heteroatoms. The number of anilines is 1. The summed E-state index contributed by atoms with van der Waals surface area (Å²) in [4.78, 5) is 29.7. The summed E-state index contributed by atoms with van der Waals surface area (Å²) < 4.78 is 7.33.